The molecule has 1 aromatic carbocycles. The molecule has 21 heavy (non-hydrogen) atoms. The Balaban J connectivity index is 2.46. The van der Waals surface area contributed by atoms with Crippen LogP contribution in [0.1, 0.15) is 40.2 Å². The largest absolute Gasteiger partial charge is 0.490 e. The third-order valence-corrected chi connectivity index (χ3v) is 2.89. The van der Waals surface area contributed by atoms with Gasteiger partial charge in [-0.25, -0.2) is 0 Å². The number of hydrogen-bond acceptors (Lipinski definition) is 4. The van der Waals surface area contributed by atoms with Gasteiger partial charge in [0.05, 0.1) is 13.2 Å². The highest BCUT2D eigenvalue weighted by Crippen LogP contribution is 2.28. The van der Waals surface area contributed by atoms with Gasteiger partial charge in [0.15, 0.2) is 11.5 Å². The van der Waals surface area contributed by atoms with Crippen LogP contribution in [0.4, 0.5) is 0 Å². The molecule has 0 atom stereocenters. The molecule has 0 saturated heterocycles. The van der Waals surface area contributed by atoms with Gasteiger partial charge in [-0.05, 0) is 52.3 Å². The zero-order valence-corrected chi connectivity index (χ0v) is 14.1. The van der Waals surface area contributed by atoms with Crippen molar-refractivity contribution in [3.8, 4) is 11.5 Å². The molecule has 2 N–H and O–H groups in total. The summed E-state index contributed by atoms with van der Waals surface area (Å²) in [7, 11) is 0. The summed E-state index contributed by atoms with van der Waals surface area (Å²) < 4.78 is 11.2. The zero-order chi connectivity index (χ0) is 15.7. The molecule has 1 aromatic rings. The highest BCUT2D eigenvalue weighted by Gasteiger charge is 2.08. The first-order valence-electron chi connectivity index (χ1n) is 7.80. The fourth-order valence-corrected chi connectivity index (χ4v) is 1.96. The average Bonchev–Trinajstić information content (AvgIpc) is 2.40. The van der Waals surface area contributed by atoms with Crippen LogP contribution in [0.5, 0.6) is 11.5 Å². The molecule has 0 aromatic heterocycles. The Hall–Kier alpha value is -1.26. The molecule has 0 aliphatic carbocycles. The lowest BCUT2D eigenvalue weighted by atomic mass is 10.1. The molecule has 0 aliphatic rings. The van der Waals surface area contributed by atoms with E-state index in [0.29, 0.717) is 13.2 Å². The molecule has 120 valence electrons. The van der Waals surface area contributed by atoms with Crippen LogP contribution < -0.4 is 20.1 Å². The predicted molar refractivity (Wildman–Crippen MR) is 88.2 cm³/mol. The van der Waals surface area contributed by atoms with Gasteiger partial charge in [0, 0.05) is 25.2 Å². The highest BCUT2D eigenvalue weighted by atomic mass is 16.5. The third-order valence-electron chi connectivity index (χ3n) is 2.89. The van der Waals surface area contributed by atoms with Crippen molar-refractivity contribution < 1.29 is 9.47 Å². The van der Waals surface area contributed by atoms with E-state index < -0.39 is 0 Å². The van der Waals surface area contributed by atoms with Crippen LogP contribution in [0.3, 0.4) is 0 Å². The molecule has 0 amide bonds. The van der Waals surface area contributed by atoms with Gasteiger partial charge in [-0.15, -0.1) is 0 Å². The minimum absolute atomic E-state index is 0.170. The summed E-state index contributed by atoms with van der Waals surface area (Å²) in [5.41, 5.74) is 1.38. The lowest BCUT2D eigenvalue weighted by Gasteiger charge is -2.20. The Morgan fingerprint density at radius 1 is 0.952 bits per heavy atom. The average molecular weight is 294 g/mol. The zero-order valence-electron chi connectivity index (χ0n) is 14.1. The molecule has 0 saturated carbocycles. The SMILES string of the molecule is CCOc1ccc(CNCCNC(C)(C)C)cc1OCC. The second-order valence-corrected chi connectivity index (χ2v) is 6.00. The first-order valence-corrected chi connectivity index (χ1v) is 7.80. The number of ether oxygens (including phenoxy) is 2. The molecule has 1 rings (SSSR count). The van der Waals surface area contributed by atoms with Crippen molar-refractivity contribution >= 4 is 0 Å². The summed E-state index contributed by atoms with van der Waals surface area (Å²) in [5, 5.41) is 6.89. The molecule has 0 spiro atoms. The molecular weight excluding hydrogens is 264 g/mol. The number of nitrogens with one attached hydrogen (secondary N) is 2. The van der Waals surface area contributed by atoms with Crippen molar-refractivity contribution in [1.29, 1.82) is 0 Å². The number of rotatable bonds is 9. The summed E-state index contributed by atoms with van der Waals surface area (Å²) in [6, 6.07) is 6.12. The Morgan fingerprint density at radius 2 is 1.62 bits per heavy atom. The third kappa shape index (κ3) is 7.34. The maximum atomic E-state index is 5.64. The van der Waals surface area contributed by atoms with Gasteiger partial charge in [0.25, 0.3) is 0 Å². The maximum absolute atomic E-state index is 5.64. The lowest BCUT2D eigenvalue weighted by Crippen LogP contribution is -2.40. The standard InChI is InChI=1S/C17H30N2O2/c1-6-20-15-9-8-14(12-16(15)21-7-2)13-18-10-11-19-17(3,4)5/h8-9,12,18-19H,6-7,10-11,13H2,1-5H3. The van der Waals surface area contributed by atoms with E-state index in [0.717, 1.165) is 31.1 Å². The molecular formula is C17H30N2O2. The van der Waals surface area contributed by atoms with E-state index in [2.05, 4.69) is 43.5 Å². The van der Waals surface area contributed by atoms with E-state index in [1.165, 1.54) is 5.56 Å². The Morgan fingerprint density at radius 3 is 2.24 bits per heavy atom. The molecule has 0 unspecified atom stereocenters. The number of hydrogen-bond donors (Lipinski definition) is 2. The molecule has 0 radical (unpaired) electrons. The van der Waals surface area contributed by atoms with Crippen molar-refractivity contribution in [2.75, 3.05) is 26.3 Å². The van der Waals surface area contributed by atoms with Crippen LogP contribution in [0.25, 0.3) is 0 Å². The van der Waals surface area contributed by atoms with E-state index >= 15 is 0 Å². The van der Waals surface area contributed by atoms with Gasteiger partial charge in [-0.1, -0.05) is 6.07 Å². The van der Waals surface area contributed by atoms with Crippen LogP contribution in [0, 0.1) is 0 Å². The summed E-state index contributed by atoms with van der Waals surface area (Å²) in [4.78, 5) is 0. The van der Waals surface area contributed by atoms with E-state index in [4.69, 9.17) is 9.47 Å². The second kappa shape index (κ2) is 8.90. The molecule has 0 bridgehead atoms. The summed E-state index contributed by atoms with van der Waals surface area (Å²) in [6.45, 7) is 14.5. The molecule has 4 nitrogen and oxygen atoms in total. The summed E-state index contributed by atoms with van der Waals surface area (Å²) in [5.74, 6) is 1.64. The van der Waals surface area contributed by atoms with Gasteiger partial charge in [0.2, 0.25) is 0 Å². The van der Waals surface area contributed by atoms with Crippen LogP contribution >= 0.6 is 0 Å². The van der Waals surface area contributed by atoms with Gasteiger partial charge in [-0.2, -0.15) is 0 Å². The molecule has 4 heteroatoms. The Labute approximate surface area is 129 Å². The van der Waals surface area contributed by atoms with E-state index in [1.807, 2.05) is 19.9 Å². The lowest BCUT2D eigenvalue weighted by molar-refractivity contribution is 0.287. The second-order valence-electron chi connectivity index (χ2n) is 6.00. The Kier molecular flexibility index (Phi) is 7.54. The van der Waals surface area contributed by atoms with Crippen LogP contribution in [-0.2, 0) is 6.54 Å². The maximum Gasteiger partial charge on any atom is 0.161 e. The summed E-state index contributed by atoms with van der Waals surface area (Å²) >= 11 is 0. The molecule has 0 aliphatic heterocycles. The first-order chi connectivity index (χ1) is 9.96. The fourth-order valence-electron chi connectivity index (χ4n) is 1.96. The van der Waals surface area contributed by atoms with Gasteiger partial charge < -0.3 is 20.1 Å². The number of benzene rings is 1. The quantitative estimate of drug-likeness (QED) is 0.687. The minimum atomic E-state index is 0.170. The van der Waals surface area contributed by atoms with Crippen molar-refractivity contribution in [2.24, 2.45) is 0 Å². The fraction of sp³-hybridized carbons (Fsp3) is 0.647. The van der Waals surface area contributed by atoms with Gasteiger partial charge in [-0.3, -0.25) is 0 Å². The topological polar surface area (TPSA) is 42.5 Å². The Bertz CT molecular complexity index is 414. The first kappa shape index (κ1) is 17.8. The summed E-state index contributed by atoms with van der Waals surface area (Å²) in [6.07, 6.45) is 0. The molecule has 0 heterocycles. The van der Waals surface area contributed by atoms with E-state index in [-0.39, 0.29) is 5.54 Å². The van der Waals surface area contributed by atoms with Crippen molar-refractivity contribution in [3.05, 3.63) is 23.8 Å². The highest BCUT2D eigenvalue weighted by molar-refractivity contribution is 5.43. The van der Waals surface area contributed by atoms with Gasteiger partial charge >= 0.3 is 0 Å². The van der Waals surface area contributed by atoms with Crippen molar-refractivity contribution in [1.82, 2.24) is 10.6 Å². The smallest absolute Gasteiger partial charge is 0.161 e. The van der Waals surface area contributed by atoms with Crippen LogP contribution in [0.15, 0.2) is 18.2 Å². The van der Waals surface area contributed by atoms with Crippen LogP contribution in [0.2, 0.25) is 0 Å². The normalized spacial score (nSPS) is 11.5. The van der Waals surface area contributed by atoms with Gasteiger partial charge in [0.1, 0.15) is 0 Å². The minimum Gasteiger partial charge on any atom is -0.490 e. The molecule has 0 fully saturated rings. The van der Waals surface area contributed by atoms with Crippen molar-refractivity contribution in [3.63, 3.8) is 0 Å². The van der Waals surface area contributed by atoms with E-state index in [9.17, 15) is 0 Å². The van der Waals surface area contributed by atoms with Crippen LogP contribution in [-0.4, -0.2) is 31.8 Å². The van der Waals surface area contributed by atoms with E-state index in [1.54, 1.807) is 0 Å². The van der Waals surface area contributed by atoms with Crippen molar-refractivity contribution in [2.45, 2.75) is 46.7 Å². The monoisotopic (exact) mass is 294 g/mol. The predicted octanol–water partition coefficient (Wildman–Crippen LogP) is 2.96.